The average Bonchev–Trinajstić information content (AvgIpc) is 3.55. The maximum atomic E-state index is 13.9. The molecular weight excluding hydrogens is 583 g/mol. The van der Waals surface area contributed by atoms with Gasteiger partial charge in [-0.05, 0) is 79.0 Å². The van der Waals surface area contributed by atoms with E-state index in [4.69, 9.17) is 18.7 Å². The van der Waals surface area contributed by atoms with Crippen molar-refractivity contribution in [2.75, 3.05) is 13.2 Å². The number of hydrogen-bond acceptors (Lipinski definition) is 8. The van der Waals surface area contributed by atoms with Gasteiger partial charge in [-0.15, -0.1) is 4.99 Å². The Bertz CT molecular complexity index is 1360. The number of unbranched alkanes of at least 4 members (excludes halogenated alkanes) is 1. The van der Waals surface area contributed by atoms with Crippen LogP contribution in [0.3, 0.4) is 0 Å². The molecule has 0 aliphatic carbocycles. The van der Waals surface area contributed by atoms with Crippen molar-refractivity contribution in [3.05, 3.63) is 41.8 Å². The normalized spacial score (nSPS) is 16.4. The Morgan fingerprint density at radius 3 is 2.45 bits per heavy atom. The minimum atomic E-state index is -4.69. The molecule has 1 unspecified atom stereocenters. The van der Waals surface area contributed by atoms with E-state index < -0.39 is 41.2 Å². The molecule has 1 N–H and O–H groups in total. The van der Waals surface area contributed by atoms with Crippen LogP contribution in [0.2, 0.25) is 0 Å². The van der Waals surface area contributed by atoms with Gasteiger partial charge in [-0.1, -0.05) is 30.7 Å². The van der Waals surface area contributed by atoms with Crippen LogP contribution in [0.25, 0.3) is 11.4 Å². The molecule has 1 aromatic carbocycles. The molecule has 1 aromatic heterocycles. The fourth-order valence-corrected chi connectivity index (χ4v) is 4.20. The van der Waals surface area contributed by atoms with E-state index in [0.717, 1.165) is 18.9 Å². The SMILES string of the molecule is CCC/C=C/COc1ccc(-c2noc(C3CCCN3C(=NC(=O)OC(C)(C)C)NC(=O)OC(C)(C)C)n2)cc1C(F)(F)F. The minimum absolute atomic E-state index is 0.00316. The number of guanidine groups is 1. The van der Waals surface area contributed by atoms with Crippen molar-refractivity contribution in [2.24, 2.45) is 4.99 Å². The topological polar surface area (TPSA) is 128 Å². The van der Waals surface area contributed by atoms with E-state index >= 15 is 0 Å². The Labute approximate surface area is 254 Å². The smallest absolute Gasteiger partial charge is 0.437 e. The molecule has 14 heteroatoms. The number of nitrogens with zero attached hydrogens (tertiary/aromatic N) is 4. The lowest BCUT2D eigenvalue weighted by atomic mass is 10.1. The van der Waals surface area contributed by atoms with Gasteiger partial charge >= 0.3 is 18.4 Å². The van der Waals surface area contributed by atoms with Crippen LogP contribution in [0.4, 0.5) is 22.8 Å². The highest BCUT2D eigenvalue weighted by atomic mass is 19.4. The molecule has 0 spiro atoms. The van der Waals surface area contributed by atoms with Crippen LogP contribution in [-0.4, -0.2) is 57.5 Å². The number of carbonyl (C=O) groups excluding carboxylic acids is 2. The molecule has 11 nitrogen and oxygen atoms in total. The maximum Gasteiger partial charge on any atom is 0.437 e. The first kappa shape index (κ1) is 34.4. The third kappa shape index (κ3) is 10.3. The van der Waals surface area contributed by atoms with Crippen LogP contribution in [0.5, 0.6) is 5.75 Å². The monoisotopic (exact) mass is 623 g/mol. The second-order valence-corrected chi connectivity index (χ2v) is 12.1. The summed E-state index contributed by atoms with van der Waals surface area (Å²) in [6, 6.07) is 2.90. The zero-order chi connectivity index (χ0) is 32.7. The van der Waals surface area contributed by atoms with Gasteiger partial charge in [-0.25, -0.2) is 9.59 Å². The van der Waals surface area contributed by atoms with Gasteiger partial charge in [0, 0.05) is 12.1 Å². The number of benzene rings is 1. The number of rotatable bonds is 7. The van der Waals surface area contributed by atoms with E-state index in [0.29, 0.717) is 19.4 Å². The highest BCUT2D eigenvalue weighted by molar-refractivity contribution is 5.99. The molecule has 1 saturated heterocycles. The fourth-order valence-electron chi connectivity index (χ4n) is 4.20. The Morgan fingerprint density at radius 2 is 1.82 bits per heavy atom. The van der Waals surface area contributed by atoms with Crippen molar-refractivity contribution in [2.45, 2.75) is 97.6 Å². The molecule has 1 atom stereocenters. The maximum absolute atomic E-state index is 13.9. The molecule has 1 fully saturated rings. The molecule has 1 aliphatic heterocycles. The van der Waals surface area contributed by atoms with E-state index in [1.54, 1.807) is 52.5 Å². The summed E-state index contributed by atoms with van der Waals surface area (Å²) in [5.41, 5.74) is -2.57. The lowest BCUT2D eigenvalue weighted by Crippen LogP contribution is -2.46. The summed E-state index contributed by atoms with van der Waals surface area (Å²) in [7, 11) is 0. The summed E-state index contributed by atoms with van der Waals surface area (Å²) in [5, 5.41) is 6.43. The number of alkyl carbamates (subject to hydrolysis) is 1. The number of alkyl halides is 3. The number of halogens is 3. The number of amides is 2. The number of aliphatic imine (C=N–C) groups is 1. The van der Waals surface area contributed by atoms with Gasteiger partial charge in [0.2, 0.25) is 17.7 Å². The lowest BCUT2D eigenvalue weighted by molar-refractivity contribution is -0.138. The van der Waals surface area contributed by atoms with E-state index in [1.165, 1.54) is 12.1 Å². The minimum Gasteiger partial charge on any atom is -0.489 e. The number of likely N-dealkylation sites (tertiary alicyclic amines) is 1. The summed E-state index contributed by atoms with van der Waals surface area (Å²) in [5.74, 6) is -0.471. The van der Waals surface area contributed by atoms with Gasteiger partial charge in [0.25, 0.3) is 0 Å². The highest BCUT2D eigenvalue weighted by Crippen LogP contribution is 2.39. The molecule has 2 amide bonds. The first-order valence-electron chi connectivity index (χ1n) is 14.4. The second kappa shape index (κ2) is 14.1. The van der Waals surface area contributed by atoms with Crippen LogP contribution in [0.15, 0.2) is 39.9 Å². The van der Waals surface area contributed by atoms with Crippen molar-refractivity contribution in [1.29, 1.82) is 0 Å². The average molecular weight is 624 g/mol. The summed E-state index contributed by atoms with van der Waals surface area (Å²) in [6.45, 7) is 12.4. The summed E-state index contributed by atoms with van der Waals surface area (Å²) in [4.78, 5) is 35.1. The quantitative estimate of drug-likeness (QED) is 0.190. The van der Waals surface area contributed by atoms with Crippen molar-refractivity contribution in [1.82, 2.24) is 20.4 Å². The molecule has 2 aromatic rings. The number of ether oxygens (including phenoxy) is 3. The Balaban J connectivity index is 1.89. The summed E-state index contributed by atoms with van der Waals surface area (Å²) in [6.07, 6.45) is -0.160. The second-order valence-electron chi connectivity index (χ2n) is 12.1. The predicted molar refractivity (Wildman–Crippen MR) is 156 cm³/mol. The Hall–Kier alpha value is -4.10. The van der Waals surface area contributed by atoms with E-state index in [1.807, 2.05) is 13.0 Å². The van der Waals surface area contributed by atoms with E-state index in [2.05, 4.69) is 20.4 Å². The van der Waals surface area contributed by atoms with Crippen molar-refractivity contribution in [3.63, 3.8) is 0 Å². The molecule has 242 valence electrons. The molecule has 1 aliphatic rings. The van der Waals surface area contributed by atoms with Gasteiger partial charge in [0.15, 0.2) is 0 Å². The van der Waals surface area contributed by atoms with Crippen LogP contribution in [0.1, 0.15) is 91.6 Å². The fraction of sp³-hybridized carbons (Fsp3) is 0.567. The van der Waals surface area contributed by atoms with Crippen LogP contribution in [-0.2, 0) is 15.7 Å². The third-order valence-corrected chi connectivity index (χ3v) is 5.96. The first-order chi connectivity index (χ1) is 20.5. The van der Waals surface area contributed by atoms with Crippen molar-refractivity contribution < 1.29 is 41.5 Å². The van der Waals surface area contributed by atoms with E-state index in [-0.39, 0.29) is 35.6 Å². The Morgan fingerprint density at radius 1 is 1.11 bits per heavy atom. The van der Waals surface area contributed by atoms with Crippen molar-refractivity contribution in [3.8, 4) is 17.1 Å². The molecular formula is C30H40F3N5O6. The van der Waals surface area contributed by atoms with Gasteiger partial charge in [0.1, 0.15) is 29.6 Å². The predicted octanol–water partition coefficient (Wildman–Crippen LogP) is 7.44. The van der Waals surface area contributed by atoms with Gasteiger partial charge < -0.3 is 23.6 Å². The molecule has 0 saturated carbocycles. The third-order valence-electron chi connectivity index (χ3n) is 5.96. The van der Waals surface area contributed by atoms with Gasteiger partial charge in [0.05, 0.1) is 5.56 Å². The van der Waals surface area contributed by atoms with Crippen LogP contribution < -0.4 is 10.1 Å². The molecule has 0 radical (unpaired) electrons. The zero-order valence-electron chi connectivity index (χ0n) is 26.1. The number of allylic oxidation sites excluding steroid dienone is 1. The van der Waals surface area contributed by atoms with Gasteiger partial charge in [-0.2, -0.15) is 18.2 Å². The first-order valence-corrected chi connectivity index (χ1v) is 14.4. The largest absolute Gasteiger partial charge is 0.489 e. The van der Waals surface area contributed by atoms with Gasteiger partial charge in [-0.3, -0.25) is 5.32 Å². The Kier molecular flexibility index (Phi) is 11.0. The highest BCUT2D eigenvalue weighted by Gasteiger charge is 2.37. The van der Waals surface area contributed by atoms with E-state index in [9.17, 15) is 22.8 Å². The summed E-state index contributed by atoms with van der Waals surface area (Å²) >= 11 is 0. The van der Waals surface area contributed by atoms with Crippen LogP contribution >= 0.6 is 0 Å². The van der Waals surface area contributed by atoms with Crippen LogP contribution in [0, 0.1) is 0 Å². The number of nitrogens with one attached hydrogen (secondary N) is 1. The molecule has 0 bridgehead atoms. The molecule has 44 heavy (non-hydrogen) atoms. The zero-order valence-corrected chi connectivity index (χ0v) is 26.1. The molecule has 2 heterocycles. The molecule has 3 rings (SSSR count). The number of aromatic nitrogens is 2. The standard InChI is InChI=1S/C30H40F3N5O6/c1-8-9-10-11-17-41-22-15-14-19(18-20(22)30(31,32)33)23-34-24(44-37-23)21-13-12-16-38(21)25(35-26(39)42-28(2,3)4)36-27(40)43-29(5,6)7/h10-11,14-15,18,21H,8-9,12-13,16-17H2,1-7H3,(H,35,36,39,40)/b11-10+. The number of carbonyl (C=O) groups is 2. The summed E-state index contributed by atoms with van der Waals surface area (Å²) < 4.78 is 63.2. The number of hydrogen-bond donors (Lipinski definition) is 1. The lowest BCUT2D eigenvalue weighted by Gasteiger charge is -2.27. The van der Waals surface area contributed by atoms with Crippen molar-refractivity contribution >= 4 is 18.1 Å².